The summed E-state index contributed by atoms with van der Waals surface area (Å²) in [6, 6.07) is 0. The van der Waals surface area contributed by atoms with Gasteiger partial charge in [0.1, 0.15) is 6.33 Å². The molecule has 0 saturated carbocycles. The summed E-state index contributed by atoms with van der Waals surface area (Å²) in [5.74, 6) is -0.184. The first kappa shape index (κ1) is 11.5. The van der Waals surface area contributed by atoms with E-state index in [-0.39, 0.29) is 11.1 Å². The Labute approximate surface area is 101 Å². The number of halogens is 1. The molecule has 0 atom stereocenters. The van der Waals surface area contributed by atoms with Crippen molar-refractivity contribution in [3.8, 4) is 5.82 Å². The lowest BCUT2D eigenvalue weighted by atomic mass is 10.3. The molecule has 2 aromatic heterocycles. The third-order valence-corrected chi connectivity index (χ3v) is 2.17. The van der Waals surface area contributed by atoms with Gasteiger partial charge in [-0.2, -0.15) is 4.98 Å². The maximum Gasteiger partial charge on any atom is 0.377 e. The van der Waals surface area contributed by atoms with Crippen LogP contribution >= 0.6 is 11.6 Å². The summed E-state index contributed by atoms with van der Waals surface area (Å²) in [4.78, 5) is 22.8. The average Bonchev–Trinajstić information content (AvgIpc) is 2.80. The standard InChI is InChI=1S/C9H8ClN5O2/c1-5-3-11-9(10)13-7(5)15-4-12-6(14-15)8(16)17-2/h3-4H,1-2H3. The highest BCUT2D eigenvalue weighted by Gasteiger charge is 2.14. The van der Waals surface area contributed by atoms with Gasteiger partial charge < -0.3 is 4.74 Å². The second-order valence-electron chi connectivity index (χ2n) is 3.15. The fraction of sp³-hybridized carbons (Fsp3) is 0.222. The first-order chi connectivity index (χ1) is 8.11. The van der Waals surface area contributed by atoms with E-state index < -0.39 is 5.97 Å². The van der Waals surface area contributed by atoms with Gasteiger partial charge in [-0.15, -0.1) is 5.10 Å². The Morgan fingerprint density at radius 1 is 1.47 bits per heavy atom. The molecule has 0 bridgehead atoms. The Bertz CT molecular complexity index is 568. The van der Waals surface area contributed by atoms with Gasteiger partial charge in [-0.1, -0.05) is 0 Å². The monoisotopic (exact) mass is 253 g/mol. The summed E-state index contributed by atoms with van der Waals surface area (Å²) in [7, 11) is 1.26. The number of nitrogens with zero attached hydrogens (tertiary/aromatic N) is 5. The number of esters is 1. The number of hydrogen-bond donors (Lipinski definition) is 0. The van der Waals surface area contributed by atoms with Crippen molar-refractivity contribution in [3.63, 3.8) is 0 Å². The lowest BCUT2D eigenvalue weighted by molar-refractivity contribution is 0.0587. The summed E-state index contributed by atoms with van der Waals surface area (Å²) in [6.07, 6.45) is 2.92. The molecule has 0 spiro atoms. The van der Waals surface area contributed by atoms with Gasteiger partial charge >= 0.3 is 5.97 Å². The van der Waals surface area contributed by atoms with Crippen LogP contribution in [0.25, 0.3) is 5.82 Å². The zero-order valence-corrected chi connectivity index (χ0v) is 9.84. The first-order valence-corrected chi connectivity index (χ1v) is 4.99. The highest BCUT2D eigenvalue weighted by Crippen LogP contribution is 2.11. The average molecular weight is 254 g/mol. The van der Waals surface area contributed by atoms with E-state index >= 15 is 0 Å². The topological polar surface area (TPSA) is 82.8 Å². The van der Waals surface area contributed by atoms with Gasteiger partial charge in [0.25, 0.3) is 5.82 Å². The molecule has 0 radical (unpaired) electrons. The number of rotatable bonds is 2. The Morgan fingerprint density at radius 2 is 2.24 bits per heavy atom. The van der Waals surface area contributed by atoms with Gasteiger partial charge in [0.2, 0.25) is 5.28 Å². The second-order valence-corrected chi connectivity index (χ2v) is 3.49. The van der Waals surface area contributed by atoms with Crippen LogP contribution in [-0.2, 0) is 4.74 Å². The van der Waals surface area contributed by atoms with Crippen LogP contribution < -0.4 is 0 Å². The number of aromatic nitrogens is 5. The number of carbonyl (C=O) groups excluding carboxylic acids is 1. The maximum atomic E-state index is 11.2. The fourth-order valence-corrected chi connectivity index (χ4v) is 1.32. The van der Waals surface area contributed by atoms with E-state index in [1.54, 1.807) is 13.1 Å². The highest BCUT2D eigenvalue weighted by molar-refractivity contribution is 6.28. The van der Waals surface area contributed by atoms with Gasteiger partial charge in [0, 0.05) is 11.8 Å². The molecule has 0 aliphatic heterocycles. The molecule has 2 rings (SSSR count). The SMILES string of the molecule is COC(=O)c1ncn(-c2nc(Cl)ncc2C)n1. The minimum atomic E-state index is -0.610. The molecule has 7 nitrogen and oxygen atoms in total. The number of ether oxygens (including phenoxy) is 1. The summed E-state index contributed by atoms with van der Waals surface area (Å²) in [5.41, 5.74) is 0.760. The molecular formula is C9H8ClN5O2. The molecule has 88 valence electrons. The molecule has 2 heterocycles. The van der Waals surface area contributed by atoms with Crippen molar-refractivity contribution in [1.29, 1.82) is 0 Å². The fourth-order valence-electron chi connectivity index (χ4n) is 1.19. The molecule has 0 saturated heterocycles. The molecule has 0 unspecified atom stereocenters. The van der Waals surface area contributed by atoms with Crippen molar-refractivity contribution < 1.29 is 9.53 Å². The van der Waals surface area contributed by atoms with E-state index in [2.05, 4.69) is 24.8 Å². The Kier molecular flexibility index (Phi) is 3.01. The van der Waals surface area contributed by atoms with Crippen LogP contribution in [0.5, 0.6) is 0 Å². The second kappa shape index (κ2) is 4.46. The van der Waals surface area contributed by atoms with Crippen LogP contribution in [0.3, 0.4) is 0 Å². The van der Waals surface area contributed by atoms with E-state index in [1.165, 1.54) is 18.1 Å². The predicted octanol–water partition coefficient (Wildman–Crippen LogP) is 0.806. The summed E-state index contributed by atoms with van der Waals surface area (Å²) >= 11 is 5.69. The van der Waals surface area contributed by atoms with Gasteiger partial charge in [-0.3, -0.25) is 0 Å². The van der Waals surface area contributed by atoms with Crippen LogP contribution in [0, 0.1) is 6.92 Å². The van der Waals surface area contributed by atoms with Crippen LogP contribution in [-0.4, -0.2) is 37.8 Å². The van der Waals surface area contributed by atoms with Crippen molar-refractivity contribution in [2.75, 3.05) is 7.11 Å². The predicted molar refractivity (Wildman–Crippen MR) is 58.0 cm³/mol. The maximum absolute atomic E-state index is 11.2. The van der Waals surface area contributed by atoms with Crippen molar-refractivity contribution in [3.05, 3.63) is 29.2 Å². The largest absolute Gasteiger partial charge is 0.463 e. The van der Waals surface area contributed by atoms with Gasteiger partial charge in [0.05, 0.1) is 7.11 Å². The molecular weight excluding hydrogens is 246 g/mol. The van der Waals surface area contributed by atoms with Crippen molar-refractivity contribution in [1.82, 2.24) is 24.7 Å². The normalized spacial score (nSPS) is 10.3. The molecule has 0 aliphatic carbocycles. The zero-order chi connectivity index (χ0) is 12.4. The number of carbonyl (C=O) groups is 1. The van der Waals surface area contributed by atoms with Crippen molar-refractivity contribution >= 4 is 17.6 Å². The Balaban J connectivity index is 2.43. The molecule has 17 heavy (non-hydrogen) atoms. The van der Waals surface area contributed by atoms with Crippen molar-refractivity contribution in [2.24, 2.45) is 0 Å². The Hall–Kier alpha value is -2.02. The minimum Gasteiger partial charge on any atom is -0.463 e. The zero-order valence-electron chi connectivity index (χ0n) is 9.09. The molecule has 8 heteroatoms. The van der Waals surface area contributed by atoms with E-state index in [9.17, 15) is 4.79 Å². The van der Waals surface area contributed by atoms with E-state index in [1.807, 2.05) is 0 Å². The van der Waals surface area contributed by atoms with Gasteiger partial charge in [0.15, 0.2) is 5.82 Å². The molecule has 0 amide bonds. The van der Waals surface area contributed by atoms with E-state index in [0.29, 0.717) is 5.82 Å². The molecule has 2 aromatic rings. The lowest BCUT2D eigenvalue weighted by Crippen LogP contribution is -2.07. The minimum absolute atomic E-state index is 0.0402. The third kappa shape index (κ3) is 2.23. The van der Waals surface area contributed by atoms with Crippen LogP contribution in [0.4, 0.5) is 0 Å². The first-order valence-electron chi connectivity index (χ1n) is 4.61. The number of methoxy groups -OCH3 is 1. The lowest BCUT2D eigenvalue weighted by Gasteiger charge is -2.02. The smallest absolute Gasteiger partial charge is 0.377 e. The highest BCUT2D eigenvalue weighted by atomic mass is 35.5. The molecule has 0 fully saturated rings. The summed E-state index contributed by atoms with van der Waals surface area (Å²) in [5, 5.41) is 4.03. The third-order valence-electron chi connectivity index (χ3n) is 1.99. The number of aryl methyl sites for hydroxylation is 1. The molecule has 0 N–H and O–H groups in total. The quantitative estimate of drug-likeness (QED) is 0.582. The van der Waals surface area contributed by atoms with Crippen LogP contribution in [0.2, 0.25) is 5.28 Å². The van der Waals surface area contributed by atoms with Crippen molar-refractivity contribution in [2.45, 2.75) is 6.92 Å². The molecule has 0 aliphatic rings. The van der Waals surface area contributed by atoms with E-state index in [4.69, 9.17) is 11.6 Å². The molecule has 0 aromatic carbocycles. The number of hydrogen-bond acceptors (Lipinski definition) is 6. The van der Waals surface area contributed by atoms with Gasteiger partial charge in [-0.05, 0) is 18.5 Å². The Morgan fingerprint density at radius 3 is 2.94 bits per heavy atom. The van der Waals surface area contributed by atoms with E-state index in [0.717, 1.165) is 5.56 Å². The summed E-state index contributed by atoms with van der Waals surface area (Å²) < 4.78 is 5.85. The van der Waals surface area contributed by atoms with Gasteiger partial charge in [-0.25, -0.2) is 19.4 Å². The van der Waals surface area contributed by atoms with Crippen LogP contribution in [0.1, 0.15) is 16.2 Å². The van der Waals surface area contributed by atoms with Crippen LogP contribution in [0.15, 0.2) is 12.5 Å². The summed E-state index contributed by atoms with van der Waals surface area (Å²) in [6.45, 7) is 1.80.